The first-order valence-electron chi connectivity index (χ1n) is 10.4. The largest absolute Gasteiger partial charge is 0.388 e. The molecule has 0 aromatic heterocycles. The van der Waals surface area contributed by atoms with Crippen LogP contribution in [0.4, 0.5) is 0 Å². The number of carbonyl (C=O) groups is 3. The van der Waals surface area contributed by atoms with E-state index < -0.39 is 61.0 Å². The topological polar surface area (TPSA) is 183 Å². The number of aliphatic hydroxyl groups is 5. The average molecular weight is 449 g/mol. The summed E-state index contributed by atoms with van der Waals surface area (Å²) >= 11 is 0. The molecule has 0 aromatic carbocycles. The van der Waals surface area contributed by atoms with Gasteiger partial charge in [-0.1, -0.05) is 13.8 Å². The number of ether oxygens (including phenoxy) is 2. The summed E-state index contributed by atoms with van der Waals surface area (Å²) in [4.78, 5) is 33.5. The van der Waals surface area contributed by atoms with E-state index >= 15 is 0 Å². The molecule has 0 saturated carbocycles. The zero-order chi connectivity index (χ0) is 24.0. The van der Waals surface area contributed by atoms with Crippen LogP contribution < -0.4 is 5.32 Å². The summed E-state index contributed by atoms with van der Waals surface area (Å²) in [7, 11) is 0. The molecule has 2 aliphatic rings. The van der Waals surface area contributed by atoms with Crippen LogP contribution in [0.2, 0.25) is 0 Å². The number of Topliss-reactive ketones (excluding diaryl/α,β-unsaturated/α-hetero) is 2. The Hall–Kier alpha value is -1.47. The van der Waals surface area contributed by atoms with Crippen molar-refractivity contribution in [1.82, 2.24) is 5.32 Å². The van der Waals surface area contributed by atoms with Crippen molar-refractivity contribution < 1.29 is 49.4 Å². The fourth-order valence-electron chi connectivity index (χ4n) is 3.67. The number of amides is 1. The highest BCUT2D eigenvalue weighted by Crippen LogP contribution is 2.24. The summed E-state index contributed by atoms with van der Waals surface area (Å²) in [6, 6.07) is -0.900. The molecule has 11 nitrogen and oxygen atoms in total. The molecule has 11 heteroatoms. The molecule has 0 radical (unpaired) electrons. The first-order chi connectivity index (χ1) is 14.4. The van der Waals surface area contributed by atoms with E-state index in [0.29, 0.717) is 12.8 Å². The first-order valence-corrected chi connectivity index (χ1v) is 10.4. The number of hydrogen-bond donors (Lipinski definition) is 6. The lowest BCUT2D eigenvalue weighted by molar-refractivity contribution is -0.219. The second-order valence-corrected chi connectivity index (χ2v) is 7.91. The van der Waals surface area contributed by atoms with E-state index in [1.165, 1.54) is 20.8 Å². The van der Waals surface area contributed by atoms with Crippen LogP contribution >= 0.6 is 0 Å². The lowest BCUT2D eigenvalue weighted by Crippen LogP contribution is -2.64. The summed E-state index contributed by atoms with van der Waals surface area (Å²) in [5, 5.41) is 50.5. The van der Waals surface area contributed by atoms with Gasteiger partial charge in [0.2, 0.25) is 5.91 Å². The van der Waals surface area contributed by atoms with Gasteiger partial charge in [-0.3, -0.25) is 14.4 Å². The quantitative estimate of drug-likeness (QED) is 0.270. The standard InChI is InChI=1S/C11H19NO5.C9H16O5/c1-4-7-9(15)10(16)8(12-6(3)14)11(17-7)5(2)13;1-3-5-6(11)7(12)8(13)9(14-5)4(2)10/h7-11,15-16H,4H2,1-3H3,(H,12,14);5-9,11-13H,3H2,1-2H3. The van der Waals surface area contributed by atoms with Crippen molar-refractivity contribution in [3.05, 3.63) is 0 Å². The molecule has 2 fully saturated rings. The third kappa shape index (κ3) is 6.75. The van der Waals surface area contributed by atoms with E-state index in [2.05, 4.69) is 5.32 Å². The second kappa shape index (κ2) is 12.0. The predicted octanol–water partition coefficient (Wildman–Crippen LogP) is -2.19. The van der Waals surface area contributed by atoms with Crippen LogP contribution in [-0.4, -0.2) is 104 Å². The number of hydrogen-bond acceptors (Lipinski definition) is 10. The van der Waals surface area contributed by atoms with Gasteiger partial charge in [0.25, 0.3) is 0 Å². The molecule has 0 aliphatic carbocycles. The molecule has 2 heterocycles. The maximum Gasteiger partial charge on any atom is 0.217 e. The number of carbonyl (C=O) groups excluding carboxylic acids is 3. The molecule has 0 bridgehead atoms. The highest BCUT2D eigenvalue weighted by atomic mass is 16.5. The van der Waals surface area contributed by atoms with E-state index in [0.717, 1.165) is 0 Å². The third-order valence-corrected chi connectivity index (χ3v) is 5.43. The SMILES string of the molecule is CCC1OC(C(C)=O)C(NC(C)=O)C(O)C1O.CCC1OC(C(C)=O)C(O)C(O)C1O. The Morgan fingerprint density at radius 2 is 1.10 bits per heavy atom. The summed E-state index contributed by atoms with van der Waals surface area (Å²) < 4.78 is 10.6. The molecular formula is C20H35NO10. The maximum absolute atomic E-state index is 11.4. The van der Waals surface area contributed by atoms with Gasteiger partial charge in [-0.05, 0) is 26.7 Å². The molecule has 2 saturated heterocycles. The summed E-state index contributed by atoms with van der Waals surface area (Å²) in [6.45, 7) is 7.45. The molecular weight excluding hydrogens is 414 g/mol. The Morgan fingerprint density at radius 3 is 1.48 bits per heavy atom. The Labute approximate surface area is 181 Å². The fraction of sp³-hybridized carbons (Fsp3) is 0.850. The highest BCUT2D eigenvalue weighted by Gasteiger charge is 2.46. The summed E-state index contributed by atoms with van der Waals surface area (Å²) in [6.07, 6.45) is -8.27. The van der Waals surface area contributed by atoms with Crippen molar-refractivity contribution in [2.45, 2.75) is 108 Å². The van der Waals surface area contributed by atoms with Gasteiger partial charge in [0.05, 0.1) is 18.2 Å². The van der Waals surface area contributed by atoms with Gasteiger partial charge in [-0.25, -0.2) is 0 Å². The number of rotatable bonds is 5. The smallest absolute Gasteiger partial charge is 0.217 e. The van der Waals surface area contributed by atoms with Crippen LogP contribution in [0, 0.1) is 0 Å². The zero-order valence-corrected chi connectivity index (χ0v) is 18.5. The van der Waals surface area contributed by atoms with Gasteiger partial charge in [0, 0.05) is 6.92 Å². The number of ketones is 2. The Balaban J connectivity index is 0.000000316. The van der Waals surface area contributed by atoms with E-state index in [1.807, 2.05) is 0 Å². The predicted molar refractivity (Wildman–Crippen MR) is 107 cm³/mol. The molecule has 6 N–H and O–H groups in total. The van der Waals surface area contributed by atoms with Gasteiger partial charge >= 0.3 is 0 Å². The van der Waals surface area contributed by atoms with Crippen LogP contribution in [0.1, 0.15) is 47.5 Å². The minimum Gasteiger partial charge on any atom is -0.388 e. The summed E-state index contributed by atoms with van der Waals surface area (Å²) in [5.74, 6) is -1.01. The molecule has 0 aromatic rings. The maximum atomic E-state index is 11.4. The van der Waals surface area contributed by atoms with E-state index in [9.17, 15) is 39.9 Å². The normalized spacial score (nSPS) is 40.3. The minimum atomic E-state index is -1.34. The molecule has 180 valence electrons. The van der Waals surface area contributed by atoms with Crippen LogP contribution in [0.5, 0.6) is 0 Å². The van der Waals surface area contributed by atoms with Gasteiger partial charge < -0.3 is 40.3 Å². The molecule has 10 atom stereocenters. The van der Waals surface area contributed by atoms with Crippen molar-refractivity contribution in [2.75, 3.05) is 0 Å². The van der Waals surface area contributed by atoms with Crippen LogP contribution in [-0.2, 0) is 23.9 Å². The number of aliphatic hydroxyl groups excluding tert-OH is 5. The van der Waals surface area contributed by atoms with Crippen molar-refractivity contribution in [3.8, 4) is 0 Å². The van der Waals surface area contributed by atoms with Crippen LogP contribution in [0.15, 0.2) is 0 Å². The highest BCUT2D eigenvalue weighted by molar-refractivity contribution is 5.83. The molecule has 31 heavy (non-hydrogen) atoms. The lowest BCUT2D eigenvalue weighted by Gasteiger charge is -2.41. The van der Waals surface area contributed by atoms with Crippen LogP contribution in [0.25, 0.3) is 0 Å². The van der Waals surface area contributed by atoms with Crippen molar-refractivity contribution in [1.29, 1.82) is 0 Å². The van der Waals surface area contributed by atoms with E-state index in [1.54, 1.807) is 13.8 Å². The molecule has 0 spiro atoms. The second-order valence-electron chi connectivity index (χ2n) is 7.91. The Morgan fingerprint density at radius 1 is 0.677 bits per heavy atom. The summed E-state index contributed by atoms with van der Waals surface area (Å²) in [5.41, 5.74) is 0. The first kappa shape index (κ1) is 27.6. The van der Waals surface area contributed by atoms with Gasteiger partial charge in [0.1, 0.15) is 42.7 Å². The van der Waals surface area contributed by atoms with Crippen molar-refractivity contribution >= 4 is 17.5 Å². The monoisotopic (exact) mass is 449 g/mol. The van der Waals surface area contributed by atoms with Crippen molar-refractivity contribution in [2.24, 2.45) is 0 Å². The van der Waals surface area contributed by atoms with Gasteiger partial charge in [0.15, 0.2) is 11.6 Å². The van der Waals surface area contributed by atoms with Gasteiger partial charge in [-0.15, -0.1) is 0 Å². The zero-order valence-electron chi connectivity index (χ0n) is 18.5. The molecule has 1 amide bonds. The van der Waals surface area contributed by atoms with Gasteiger partial charge in [-0.2, -0.15) is 0 Å². The van der Waals surface area contributed by atoms with Crippen molar-refractivity contribution in [3.63, 3.8) is 0 Å². The molecule has 2 aliphatic heterocycles. The lowest BCUT2D eigenvalue weighted by atomic mass is 9.90. The average Bonchev–Trinajstić information content (AvgIpc) is 2.70. The molecule has 10 unspecified atom stereocenters. The van der Waals surface area contributed by atoms with E-state index in [-0.39, 0.29) is 17.5 Å². The third-order valence-electron chi connectivity index (χ3n) is 5.43. The Bertz CT molecular complexity index is 627. The number of nitrogens with one attached hydrogen (secondary N) is 1. The minimum absolute atomic E-state index is 0.284. The molecule has 2 rings (SSSR count). The Kier molecular flexibility index (Phi) is 10.6. The van der Waals surface area contributed by atoms with E-state index in [4.69, 9.17) is 9.47 Å². The van der Waals surface area contributed by atoms with Crippen LogP contribution in [0.3, 0.4) is 0 Å². The fourth-order valence-corrected chi connectivity index (χ4v) is 3.67.